The molecule has 0 aliphatic rings. The summed E-state index contributed by atoms with van der Waals surface area (Å²) in [5.41, 5.74) is 2.33. The van der Waals surface area contributed by atoms with Crippen molar-refractivity contribution in [2.24, 2.45) is 0 Å². The summed E-state index contributed by atoms with van der Waals surface area (Å²) in [6.45, 7) is 2.68. The molecular weight excluding hydrogens is 286 g/mol. The molecule has 23 heavy (non-hydrogen) atoms. The summed E-state index contributed by atoms with van der Waals surface area (Å²) in [5, 5.41) is 2.88. The number of ether oxygens (including phenoxy) is 1. The number of carbonyl (C=O) groups is 1. The minimum Gasteiger partial charge on any atom is -0.497 e. The zero-order valence-electron chi connectivity index (χ0n) is 13.7. The first-order chi connectivity index (χ1) is 11.2. The molecule has 0 aromatic heterocycles. The Hall–Kier alpha value is -2.55. The number of carbonyl (C=O) groups excluding carboxylic acids is 1. The topological polar surface area (TPSA) is 38.3 Å². The zero-order chi connectivity index (χ0) is 16.5. The molecule has 1 atom stereocenters. The number of allylic oxidation sites excluding steroid dienone is 1. The van der Waals surface area contributed by atoms with E-state index in [0.29, 0.717) is 12.5 Å². The van der Waals surface area contributed by atoms with Crippen molar-refractivity contribution in [3.05, 3.63) is 77.9 Å². The molecule has 3 nitrogen and oxygen atoms in total. The summed E-state index contributed by atoms with van der Waals surface area (Å²) in [6.07, 6.45) is 4.39. The Morgan fingerprint density at radius 2 is 1.83 bits per heavy atom. The molecule has 0 fully saturated rings. The van der Waals surface area contributed by atoms with E-state index in [4.69, 9.17) is 4.74 Å². The third-order valence-corrected chi connectivity index (χ3v) is 3.75. The highest BCUT2D eigenvalue weighted by Crippen LogP contribution is 2.18. The molecule has 1 N–H and O–H groups in total. The van der Waals surface area contributed by atoms with Crippen molar-refractivity contribution in [1.82, 2.24) is 5.32 Å². The van der Waals surface area contributed by atoms with Crippen molar-refractivity contribution in [1.29, 1.82) is 0 Å². The fourth-order valence-electron chi connectivity index (χ4n) is 2.29. The van der Waals surface area contributed by atoms with Crippen LogP contribution in [0.4, 0.5) is 0 Å². The standard InChI is InChI=1S/C20H23NO2/c1-16(18-8-4-3-5-9-18)7-6-10-20(22)21-15-17-11-13-19(23-2)14-12-17/h3-6,8-14,16H,7,15H2,1-2H3,(H,21,22)/b10-6+. The Balaban J connectivity index is 1.75. The molecule has 0 heterocycles. The van der Waals surface area contributed by atoms with Crippen molar-refractivity contribution in [3.63, 3.8) is 0 Å². The molecule has 1 unspecified atom stereocenters. The quantitative estimate of drug-likeness (QED) is 0.783. The van der Waals surface area contributed by atoms with Gasteiger partial charge < -0.3 is 10.1 Å². The normalized spacial score (nSPS) is 12.1. The highest BCUT2D eigenvalue weighted by atomic mass is 16.5. The second-order valence-electron chi connectivity index (χ2n) is 5.52. The van der Waals surface area contributed by atoms with E-state index >= 15 is 0 Å². The van der Waals surface area contributed by atoms with Gasteiger partial charge >= 0.3 is 0 Å². The highest BCUT2D eigenvalue weighted by molar-refractivity contribution is 5.87. The zero-order valence-corrected chi connectivity index (χ0v) is 13.7. The summed E-state index contributed by atoms with van der Waals surface area (Å²) in [5.74, 6) is 1.15. The first-order valence-electron chi connectivity index (χ1n) is 7.81. The average Bonchev–Trinajstić information content (AvgIpc) is 2.61. The SMILES string of the molecule is COc1ccc(CNC(=O)/C=C/CC(C)c2ccccc2)cc1. The largest absolute Gasteiger partial charge is 0.497 e. The smallest absolute Gasteiger partial charge is 0.243 e. The van der Waals surface area contributed by atoms with Crippen LogP contribution < -0.4 is 10.1 Å². The number of nitrogens with one attached hydrogen (secondary N) is 1. The Morgan fingerprint density at radius 3 is 2.48 bits per heavy atom. The van der Waals surface area contributed by atoms with Crippen LogP contribution >= 0.6 is 0 Å². The first-order valence-corrected chi connectivity index (χ1v) is 7.81. The van der Waals surface area contributed by atoms with Gasteiger partial charge in [0.1, 0.15) is 5.75 Å². The maximum absolute atomic E-state index is 11.8. The van der Waals surface area contributed by atoms with E-state index in [9.17, 15) is 4.79 Å². The lowest BCUT2D eigenvalue weighted by atomic mass is 9.98. The van der Waals surface area contributed by atoms with Crippen LogP contribution in [0.1, 0.15) is 30.4 Å². The molecule has 3 heteroatoms. The third-order valence-electron chi connectivity index (χ3n) is 3.75. The van der Waals surface area contributed by atoms with Gasteiger partial charge in [0.2, 0.25) is 5.91 Å². The van der Waals surface area contributed by atoms with Gasteiger partial charge in [-0.05, 0) is 41.7 Å². The van der Waals surface area contributed by atoms with E-state index in [2.05, 4.69) is 24.4 Å². The Bertz CT molecular complexity index is 632. The van der Waals surface area contributed by atoms with Gasteiger partial charge in [-0.1, -0.05) is 55.5 Å². The van der Waals surface area contributed by atoms with Crippen LogP contribution in [0.3, 0.4) is 0 Å². The predicted molar refractivity (Wildman–Crippen MR) is 93.5 cm³/mol. The van der Waals surface area contributed by atoms with Gasteiger partial charge in [0.15, 0.2) is 0 Å². The fraction of sp³-hybridized carbons (Fsp3) is 0.250. The molecule has 0 saturated heterocycles. The van der Waals surface area contributed by atoms with Crippen LogP contribution in [-0.2, 0) is 11.3 Å². The Labute approximate surface area is 138 Å². The summed E-state index contributed by atoms with van der Waals surface area (Å²) < 4.78 is 5.11. The summed E-state index contributed by atoms with van der Waals surface area (Å²) >= 11 is 0. The van der Waals surface area contributed by atoms with Crippen LogP contribution in [0.25, 0.3) is 0 Å². The number of rotatable bonds is 7. The number of benzene rings is 2. The molecule has 0 radical (unpaired) electrons. The van der Waals surface area contributed by atoms with Crippen LogP contribution in [-0.4, -0.2) is 13.0 Å². The maximum atomic E-state index is 11.8. The lowest BCUT2D eigenvalue weighted by molar-refractivity contribution is -0.116. The van der Waals surface area contributed by atoms with Crippen molar-refractivity contribution in [2.75, 3.05) is 7.11 Å². The molecule has 120 valence electrons. The number of amides is 1. The van der Waals surface area contributed by atoms with Gasteiger partial charge in [0.25, 0.3) is 0 Å². The third kappa shape index (κ3) is 5.62. The van der Waals surface area contributed by atoms with Crippen LogP contribution in [0.5, 0.6) is 5.75 Å². The van der Waals surface area contributed by atoms with E-state index in [1.54, 1.807) is 13.2 Å². The number of hydrogen-bond donors (Lipinski definition) is 1. The summed E-state index contributed by atoms with van der Waals surface area (Å²) in [7, 11) is 1.64. The number of methoxy groups -OCH3 is 1. The van der Waals surface area contributed by atoms with Gasteiger partial charge in [-0.15, -0.1) is 0 Å². The van der Waals surface area contributed by atoms with Crippen LogP contribution in [0, 0.1) is 0 Å². The van der Waals surface area contributed by atoms with Gasteiger partial charge in [0, 0.05) is 6.54 Å². The van der Waals surface area contributed by atoms with E-state index in [-0.39, 0.29) is 5.91 Å². The molecule has 2 aromatic carbocycles. The van der Waals surface area contributed by atoms with Gasteiger partial charge in [0.05, 0.1) is 7.11 Å². The monoisotopic (exact) mass is 309 g/mol. The summed E-state index contributed by atoms with van der Waals surface area (Å²) in [4.78, 5) is 11.8. The van der Waals surface area contributed by atoms with Crippen LogP contribution in [0.2, 0.25) is 0 Å². The second kappa shape index (κ2) is 8.79. The van der Waals surface area contributed by atoms with Crippen molar-refractivity contribution in [3.8, 4) is 5.75 Å². The maximum Gasteiger partial charge on any atom is 0.243 e. The summed E-state index contributed by atoms with van der Waals surface area (Å²) in [6, 6.07) is 18.0. The molecule has 0 bridgehead atoms. The molecule has 2 rings (SSSR count). The van der Waals surface area contributed by atoms with E-state index in [1.807, 2.05) is 48.5 Å². The molecule has 0 aliphatic heterocycles. The second-order valence-corrected chi connectivity index (χ2v) is 5.52. The van der Waals surface area contributed by atoms with Gasteiger partial charge in [-0.2, -0.15) is 0 Å². The Morgan fingerprint density at radius 1 is 1.13 bits per heavy atom. The molecule has 0 saturated carbocycles. The van der Waals surface area contributed by atoms with Gasteiger partial charge in [-0.25, -0.2) is 0 Å². The minimum absolute atomic E-state index is 0.0684. The van der Waals surface area contributed by atoms with E-state index < -0.39 is 0 Å². The average molecular weight is 309 g/mol. The first kappa shape index (κ1) is 16.8. The van der Waals surface area contributed by atoms with E-state index in [0.717, 1.165) is 17.7 Å². The van der Waals surface area contributed by atoms with Gasteiger partial charge in [-0.3, -0.25) is 4.79 Å². The lowest BCUT2D eigenvalue weighted by Gasteiger charge is -2.08. The Kier molecular flexibility index (Phi) is 6.42. The number of hydrogen-bond acceptors (Lipinski definition) is 2. The van der Waals surface area contributed by atoms with Crippen molar-refractivity contribution in [2.45, 2.75) is 25.8 Å². The van der Waals surface area contributed by atoms with Crippen molar-refractivity contribution >= 4 is 5.91 Å². The molecule has 0 aliphatic carbocycles. The van der Waals surface area contributed by atoms with Crippen molar-refractivity contribution < 1.29 is 9.53 Å². The molecule has 1 amide bonds. The molecule has 0 spiro atoms. The molecular formula is C20H23NO2. The van der Waals surface area contributed by atoms with Crippen LogP contribution in [0.15, 0.2) is 66.7 Å². The lowest BCUT2D eigenvalue weighted by Crippen LogP contribution is -2.20. The minimum atomic E-state index is -0.0684. The highest BCUT2D eigenvalue weighted by Gasteiger charge is 2.03. The fourth-order valence-corrected chi connectivity index (χ4v) is 2.29. The van der Waals surface area contributed by atoms with E-state index in [1.165, 1.54) is 5.56 Å². The predicted octanol–water partition coefficient (Wildman–Crippen LogP) is 4.06. The molecule has 2 aromatic rings.